The number of nitrogens with zero attached hydrogens (tertiary/aromatic N) is 6. The molecule has 4 aromatic rings. The van der Waals surface area contributed by atoms with Crippen molar-refractivity contribution in [2.24, 2.45) is 0 Å². The van der Waals surface area contributed by atoms with Crippen LogP contribution >= 0.6 is 0 Å². The summed E-state index contributed by atoms with van der Waals surface area (Å²) in [6.07, 6.45) is 8.84. The van der Waals surface area contributed by atoms with Gasteiger partial charge in [0.15, 0.2) is 11.5 Å². The zero-order valence-corrected chi connectivity index (χ0v) is 17.3. The number of ether oxygens (including phenoxy) is 1. The number of fused-ring (bicyclic) bond motifs is 1. The van der Waals surface area contributed by atoms with Crippen molar-refractivity contribution in [1.29, 1.82) is 0 Å². The minimum atomic E-state index is -0.118. The summed E-state index contributed by atoms with van der Waals surface area (Å²) in [5, 5.41) is 4.47. The molecule has 154 valence electrons. The van der Waals surface area contributed by atoms with Gasteiger partial charge in [-0.05, 0) is 24.6 Å². The summed E-state index contributed by atoms with van der Waals surface area (Å²) in [6.45, 7) is 2.79. The third-order valence-corrected chi connectivity index (χ3v) is 5.01. The molecule has 0 bridgehead atoms. The Labute approximate surface area is 174 Å². The van der Waals surface area contributed by atoms with Gasteiger partial charge in [0, 0.05) is 32.1 Å². The summed E-state index contributed by atoms with van der Waals surface area (Å²) in [5.74, 6) is 1.24. The van der Waals surface area contributed by atoms with E-state index in [1.54, 1.807) is 42.3 Å². The highest BCUT2D eigenvalue weighted by molar-refractivity contribution is 5.99. The van der Waals surface area contributed by atoms with Gasteiger partial charge in [-0.25, -0.2) is 9.67 Å². The molecule has 0 fully saturated rings. The largest absolute Gasteiger partial charge is 0.497 e. The standard InChI is InChI=1S/C22H24N6O2/c1-4-5-12-26(2)22(29)20-19-15-23-11-13-27(19)21(25-20)18-9-10-24-28(18)16-7-6-8-17(14-16)30-3/h6-11,13-15H,4-5,12H2,1-3H3. The molecule has 3 heterocycles. The highest BCUT2D eigenvalue weighted by Crippen LogP contribution is 2.26. The lowest BCUT2D eigenvalue weighted by Gasteiger charge is -2.15. The second kappa shape index (κ2) is 8.36. The van der Waals surface area contributed by atoms with Crippen molar-refractivity contribution in [1.82, 2.24) is 29.0 Å². The first-order chi connectivity index (χ1) is 14.6. The van der Waals surface area contributed by atoms with Crippen LogP contribution in [0.1, 0.15) is 30.3 Å². The van der Waals surface area contributed by atoms with E-state index in [1.807, 2.05) is 40.9 Å². The van der Waals surface area contributed by atoms with Crippen molar-refractivity contribution in [3.05, 3.63) is 60.8 Å². The van der Waals surface area contributed by atoms with E-state index >= 15 is 0 Å². The first-order valence-corrected chi connectivity index (χ1v) is 9.90. The predicted octanol–water partition coefficient (Wildman–Crippen LogP) is 3.46. The fourth-order valence-electron chi connectivity index (χ4n) is 3.37. The molecule has 0 aliphatic carbocycles. The lowest BCUT2D eigenvalue weighted by atomic mass is 10.3. The molecule has 1 amide bonds. The van der Waals surface area contributed by atoms with Crippen LogP contribution < -0.4 is 4.74 Å². The number of methoxy groups -OCH3 is 1. The van der Waals surface area contributed by atoms with Crippen LogP contribution in [0.2, 0.25) is 0 Å². The van der Waals surface area contributed by atoms with E-state index in [0.29, 0.717) is 23.6 Å². The fraction of sp³-hybridized carbons (Fsp3) is 0.273. The number of amides is 1. The lowest BCUT2D eigenvalue weighted by molar-refractivity contribution is 0.0790. The topological polar surface area (TPSA) is 77.5 Å². The van der Waals surface area contributed by atoms with Crippen molar-refractivity contribution in [2.45, 2.75) is 19.8 Å². The van der Waals surface area contributed by atoms with Crippen LogP contribution in [0.15, 0.2) is 55.1 Å². The summed E-state index contributed by atoms with van der Waals surface area (Å²) < 4.78 is 9.00. The van der Waals surface area contributed by atoms with Crippen LogP contribution in [-0.4, -0.2) is 55.7 Å². The Kier molecular flexibility index (Phi) is 5.47. The third kappa shape index (κ3) is 3.52. The summed E-state index contributed by atoms with van der Waals surface area (Å²) in [5.41, 5.74) is 2.65. The number of carbonyl (C=O) groups is 1. The van der Waals surface area contributed by atoms with Gasteiger partial charge in [0.25, 0.3) is 5.91 Å². The Morgan fingerprint density at radius 2 is 2.10 bits per heavy atom. The van der Waals surface area contributed by atoms with Gasteiger partial charge in [-0.1, -0.05) is 19.4 Å². The van der Waals surface area contributed by atoms with Gasteiger partial charge in [-0.3, -0.25) is 14.2 Å². The van der Waals surface area contributed by atoms with Crippen LogP contribution in [0, 0.1) is 0 Å². The second-order valence-electron chi connectivity index (χ2n) is 7.03. The van der Waals surface area contributed by atoms with E-state index in [2.05, 4.69) is 17.0 Å². The van der Waals surface area contributed by atoms with E-state index < -0.39 is 0 Å². The number of imidazole rings is 1. The molecule has 0 atom stereocenters. The molecule has 0 spiro atoms. The maximum absolute atomic E-state index is 13.1. The molecule has 0 saturated carbocycles. The lowest BCUT2D eigenvalue weighted by Crippen LogP contribution is -2.28. The van der Waals surface area contributed by atoms with Crippen molar-refractivity contribution in [3.8, 4) is 23.0 Å². The van der Waals surface area contributed by atoms with Crippen LogP contribution in [-0.2, 0) is 0 Å². The average molecular weight is 404 g/mol. The number of aromatic nitrogens is 5. The molecule has 0 aliphatic heterocycles. The van der Waals surface area contributed by atoms with Gasteiger partial charge < -0.3 is 9.64 Å². The molecule has 0 aliphatic rings. The Morgan fingerprint density at radius 1 is 1.23 bits per heavy atom. The van der Waals surface area contributed by atoms with Gasteiger partial charge >= 0.3 is 0 Å². The molecular formula is C22H24N6O2. The minimum Gasteiger partial charge on any atom is -0.497 e. The molecule has 8 heteroatoms. The number of benzene rings is 1. The minimum absolute atomic E-state index is 0.118. The van der Waals surface area contributed by atoms with Gasteiger partial charge in [0.1, 0.15) is 11.4 Å². The van der Waals surface area contributed by atoms with Gasteiger partial charge in [-0.2, -0.15) is 5.10 Å². The number of carbonyl (C=O) groups excluding carboxylic acids is 1. The van der Waals surface area contributed by atoms with Crippen molar-refractivity contribution < 1.29 is 9.53 Å². The Bertz CT molecular complexity index is 1180. The SMILES string of the molecule is CCCCN(C)C(=O)c1nc(-c2ccnn2-c2cccc(OC)c2)n2ccncc12. The fourth-order valence-corrected chi connectivity index (χ4v) is 3.37. The quantitative estimate of drug-likeness (QED) is 0.471. The molecule has 0 unspecified atom stereocenters. The van der Waals surface area contributed by atoms with E-state index in [9.17, 15) is 4.79 Å². The number of hydrogen-bond donors (Lipinski definition) is 0. The van der Waals surface area contributed by atoms with Gasteiger partial charge in [-0.15, -0.1) is 0 Å². The highest BCUT2D eigenvalue weighted by Gasteiger charge is 2.23. The summed E-state index contributed by atoms with van der Waals surface area (Å²) in [6, 6.07) is 9.51. The maximum Gasteiger partial charge on any atom is 0.274 e. The van der Waals surface area contributed by atoms with Crippen molar-refractivity contribution in [3.63, 3.8) is 0 Å². The van der Waals surface area contributed by atoms with Crippen molar-refractivity contribution in [2.75, 3.05) is 20.7 Å². The van der Waals surface area contributed by atoms with E-state index in [0.717, 1.165) is 30.0 Å². The molecule has 0 radical (unpaired) electrons. The number of unbranched alkanes of at least 4 members (excludes halogenated alkanes) is 1. The predicted molar refractivity (Wildman–Crippen MR) is 114 cm³/mol. The van der Waals surface area contributed by atoms with Gasteiger partial charge in [0.2, 0.25) is 0 Å². The number of hydrogen-bond acceptors (Lipinski definition) is 5. The zero-order valence-electron chi connectivity index (χ0n) is 17.3. The van der Waals surface area contributed by atoms with Crippen LogP contribution in [0.25, 0.3) is 22.7 Å². The molecule has 4 rings (SSSR count). The average Bonchev–Trinajstić information content (AvgIpc) is 3.41. The Balaban J connectivity index is 1.82. The molecule has 0 saturated heterocycles. The molecule has 1 aromatic carbocycles. The van der Waals surface area contributed by atoms with Gasteiger partial charge in [0.05, 0.1) is 30.7 Å². The molecule has 3 aromatic heterocycles. The summed E-state index contributed by atoms with van der Waals surface area (Å²) >= 11 is 0. The summed E-state index contributed by atoms with van der Waals surface area (Å²) in [4.78, 5) is 23.7. The monoisotopic (exact) mass is 404 g/mol. The maximum atomic E-state index is 13.1. The van der Waals surface area contributed by atoms with Crippen molar-refractivity contribution >= 4 is 11.4 Å². The smallest absolute Gasteiger partial charge is 0.274 e. The normalized spacial score (nSPS) is 11.0. The Hall–Kier alpha value is -3.68. The highest BCUT2D eigenvalue weighted by atomic mass is 16.5. The van der Waals surface area contributed by atoms with Crippen LogP contribution in [0.4, 0.5) is 0 Å². The van der Waals surface area contributed by atoms with Crippen LogP contribution in [0.5, 0.6) is 5.75 Å². The molecule has 30 heavy (non-hydrogen) atoms. The number of rotatable bonds is 7. The van der Waals surface area contributed by atoms with E-state index in [1.165, 1.54) is 0 Å². The zero-order chi connectivity index (χ0) is 21.1. The Morgan fingerprint density at radius 3 is 2.90 bits per heavy atom. The molecular weight excluding hydrogens is 380 g/mol. The molecule has 0 N–H and O–H groups in total. The van der Waals surface area contributed by atoms with E-state index in [4.69, 9.17) is 9.72 Å². The first-order valence-electron chi connectivity index (χ1n) is 9.90. The molecule has 8 nitrogen and oxygen atoms in total. The van der Waals surface area contributed by atoms with E-state index in [-0.39, 0.29) is 5.91 Å². The first kappa shape index (κ1) is 19.6. The third-order valence-electron chi connectivity index (χ3n) is 5.01. The second-order valence-corrected chi connectivity index (χ2v) is 7.03. The van der Waals surface area contributed by atoms with Crippen LogP contribution in [0.3, 0.4) is 0 Å². The summed E-state index contributed by atoms with van der Waals surface area (Å²) in [7, 11) is 3.44.